The summed E-state index contributed by atoms with van der Waals surface area (Å²) in [5.74, 6) is 4.77. The van der Waals surface area contributed by atoms with Crippen LogP contribution in [0.25, 0.3) is 0 Å². The molecule has 0 aromatic carbocycles. The van der Waals surface area contributed by atoms with E-state index in [2.05, 4.69) is 24.1 Å². The van der Waals surface area contributed by atoms with Crippen molar-refractivity contribution in [1.29, 1.82) is 0 Å². The second kappa shape index (κ2) is 4.70. The lowest BCUT2D eigenvalue weighted by Gasteiger charge is -2.28. The van der Waals surface area contributed by atoms with Gasteiger partial charge in [-0.15, -0.1) is 0 Å². The fraction of sp³-hybridized carbons (Fsp3) is 1.00. The minimum atomic E-state index is 0.831. The van der Waals surface area contributed by atoms with Crippen LogP contribution in [0.15, 0.2) is 0 Å². The summed E-state index contributed by atoms with van der Waals surface area (Å²) in [6.45, 7) is 0. The molecule has 1 aliphatic carbocycles. The summed E-state index contributed by atoms with van der Waals surface area (Å²) < 4.78 is 0. The fourth-order valence-electron chi connectivity index (χ4n) is 3.01. The Kier molecular flexibility index (Phi) is 3.56. The van der Waals surface area contributed by atoms with Crippen LogP contribution in [-0.4, -0.2) is 24.6 Å². The molecule has 2 aliphatic rings. The maximum atomic E-state index is 3.57. The summed E-state index contributed by atoms with van der Waals surface area (Å²) in [6.07, 6.45) is 7.36. The average Bonchev–Trinajstić information content (AvgIpc) is 2.76. The Morgan fingerprint density at radius 1 is 1.15 bits per heavy atom. The van der Waals surface area contributed by atoms with Crippen molar-refractivity contribution in [3.63, 3.8) is 0 Å². The third-order valence-electron chi connectivity index (χ3n) is 3.71. The van der Waals surface area contributed by atoms with Gasteiger partial charge >= 0.3 is 0 Å². The third-order valence-corrected chi connectivity index (χ3v) is 4.90. The maximum Gasteiger partial charge on any atom is 0.0129 e. The van der Waals surface area contributed by atoms with E-state index in [1.165, 1.54) is 43.6 Å². The Morgan fingerprint density at radius 3 is 2.46 bits per heavy atom. The van der Waals surface area contributed by atoms with Crippen molar-refractivity contribution in [2.45, 2.75) is 38.1 Å². The van der Waals surface area contributed by atoms with Gasteiger partial charge in [0.15, 0.2) is 0 Å². The minimum absolute atomic E-state index is 0.831. The van der Waals surface area contributed by atoms with E-state index in [1.54, 1.807) is 0 Å². The molecule has 2 atom stereocenters. The van der Waals surface area contributed by atoms with E-state index in [1.807, 2.05) is 0 Å². The zero-order chi connectivity index (χ0) is 9.10. The van der Waals surface area contributed by atoms with E-state index in [0.717, 1.165) is 17.9 Å². The first kappa shape index (κ1) is 9.85. The van der Waals surface area contributed by atoms with Crippen LogP contribution in [-0.2, 0) is 0 Å². The van der Waals surface area contributed by atoms with Gasteiger partial charge in [-0.1, -0.05) is 12.8 Å². The highest BCUT2D eigenvalue weighted by Crippen LogP contribution is 2.35. The molecule has 1 nitrogen and oxygen atoms in total. The summed E-state index contributed by atoms with van der Waals surface area (Å²) in [5, 5.41) is 3.57. The summed E-state index contributed by atoms with van der Waals surface area (Å²) in [5.41, 5.74) is 0. The molecule has 0 aromatic heterocycles. The molecule has 1 N–H and O–H groups in total. The molecular formula is C11H21NS. The van der Waals surface area contributed by atoms with Gasteiger partial charge in [-0.25, -0.2) is 0 Å². The molecule has 1 aliphatic heterocycles. The van der Waals surface area contributed by atoms with Gasteiger partial charge in [-0.05, 0) is 49.7 Å². The summed E-state index contributed by atoms with van der Waals surface area (Å²) in [6, 6.07) is 0.831. The van der Waals surface area contributed by atoms with Gasteiger partial charge in [0, 0.05) is 6.04 Å². The fourth-order valence-corrected chi connectivity index (χ4v) is 4.32. The van der Waals surface area contributed by atoms with Crippen molar-refractivity contribution < 1.29 is 0 Å². The first-order chi connectivity index (χ1) is 6.42. The zero-order valence-corrected chi connectivity index (χ0v) is 9.41. The smallest absolute Gasteiger partial charge is 0.0129 e. The molecule has 1 saturated heterocycles. The molecule has 0 amide bonds. The Bertz CT molecular complexity index is 132. The van der Waals surface area contributed by atoms with Gasteiger partial charge < -0.3 is 5.32 Å². The van der Waals surface area contributed by atoms with Crippen LogP contribution < -0.4 is 5.32 Å². The molecule has 2 fully saturated rings. The number of hydrogen-bond donors (Lipinski definition) is 1. The molecule has 13 heavy (non-hydrogen) atoms. The lowest BCUT2D eigenvalue weighted by atomic mass is 9.87. The normalized spacial score (nSPS) is 32.5. The van der Waals surface area contributed by atoms with Crippen molar-refractivity contribution in [2.75, 3.05) is 18.6 Å². The van der Waals surface area contributed by atoms with Gasteiger partial charge in [0.05, 0.1) is 0 Å². The Balaban J connectivity index is 1.90. The second-order valence-electron chi connectivity index (χ2n) is 4.48. The van der Waals surface area contributed by atoms with Crippen LogP contribution in [0.2, 0.25) is 0 Å². The monoisotopic (exact) mass is 199 g/mol. The molecule has 0 bridgehead atoms. The van der Waals surface area contributed by atoms with Crippen molar-refractivity contribution in [3.8, 4) is 0 Å². The third kappa shape index (κ3) is 2.21. The molecule has 0 radical (unpaired) electrons. The first-order valence-corrected chi connectivity index (χ1v) is 6.82. The van der Waals surface area contributed by atoms with Crippen LogP contribution in [0, 0.1) is 11.8 Å². The van der Waals surface area contributed by atoms with Crippen LogP contribution in [0.5, 0.6) is 0 Å². The van der Waals surface area contributed by atoms with Gasteiger partial charge in [-0.3, -0.25) is 0 Å². The van der Waals surface area contributed by atoms with Crippen LogP contribution >= 0.6 is 11.8 Å². The standard InChI is InChI=1S/C11H21NS/c1-12-11(9-4-2-3-5-9)10-6-7-13-8-10/h9-12H,2-8H2,1H3. The van der Waals surface area contributed by atoms with Crippen LogP contribution in [0.3, 0.4) is 0 Å². The van der Waals surface area contributed by atoms with E-state index in [0.29, 0.717) is 0 Å². The minimum Gasteiger partial charge on any atom is -0.316 e. The molecule has 2 unspecified atom stereocenters. The van der Waals surface area contributed by atoms with E-state index < -0.39 is 0 Å². The van der Waals surface area contributed by atoms with Crippen LogP contribution in [0.1, 0.15) is 32.1 Å². The quantitative estimate of drug-likeness (QED) is 0.749. The molecule has 0 aromatic rings. The molecule has 1 saturated carbocycles. The first-order valence-electron chi connectivity index (χ1n) is 5.67. The van der Waals surface area contributed by atoms with E-state index in [9.17, 15) is 0 Å². The maximum absolute atomic E-state index is 3.57. The topological polar surface area (TPSA) is 12.0 Å². The molecule has 1 heterocycles. The molecule has 0 spiro atoms. The van der Waals surface area contributed by atoms with Crippen molar-refractivity contribution in [1.82, 2.24) is 5.32 Å². The highest BCUT2D eigenvalue weighted by molar-refractivity contribution is 7.99. The lowest BCUT2D eigenvalue weighted by Crippen LogP contribution is -2.39. The molecule has 2 heteroatoms. The summed E-state index contributed by atoms with van der Waals surface area (Å²) >= 11 is 2.14. The van der Waals surface area contributed by atoms with Gasteiger partial charge in [0.2, 0.25) is 0 Å². The Labute approximate surface area is 86.0 Å². The van der Waals surface area contributed by atoms with Gasteiger partial charge in [0.1, 0.15) is 0 Å². The Hall–Kier alpha value is 0.310. The van der Waals surface area contributed by atoms with E-state index in [4.69, 9.17) is 0 Å². The number of rotatable bonds is 3. The number of hydrogen-bond acceptors (Lipinski definition) is 2. The average molecular weight is 199 g/mol. The summed E-state index contributed by atoms with van der Waals surface area (Å²) in [4.78, 5) is 0. The van der Waals surface area contributed by atoms with Crippen molar-refractivity contribution >= 4 is 11.8 Å². The predicted molar refractivity (Wildman–Crippen MR) is 60.2 cm³/mol. The highest BCUT2D eigenvalue weighted by atomic mass is 32.2. The highest BCUT2D eigenvalue weighted by Gasteiger charge is 2.31. The van der Waals surface area contributed by atoms with E-state index >= 15 is 0 Å². The van der Waals surface area contributed by atoms with Crippen molar-refractivity contribution in [2.24, 2.45) is 11.8 Å². The largest absolute Gasteiger partial charge is 0.316 e. The number of nitrogens with one attached hydrogen (secondary N) is 1. The molecule has 2 rings (SSSR count). The lowest BCUT2D eigenvalue weighted by molar-refractivity contribution is 0.291. The van der Waals surface area contributed by atoms with E-state index in [-0.39, 0.29) is 0 Å². The van der Waals surface area contributed by atoms with Crippen molar-refractivity contribution in [3.05, 3.63) is 0 Å². The summed E-state index contributed by atoms with van der Waals surface area (Å²) in [7, 11) is 2.16. The van der Waals surface area contributed by atoms with Crippen LogP contribution in [0.4, 0.5) is 0 Å². The number of thioether (sulfide) groups is 1. The van der Waals surface area contributed by atoms with Gasteiger partial charge in [0.25, 0.3) is 0 Å². The molecule has 76 valence electrons. The SMILES string of the molecule is CNC(C1CCCC1)C1CCSC1. The Morgan fingerprint density at radius 2 is 1.92 bits per heavy atom. The zero-order valence-electron chi connectivity index (χ0n) is 8.59. The second-order valence-corrected chi connectivity index (χ2v) is 5.63. The molecular weight excluding hydrogens is 178 g/mol. The van der Waals surface area contributed by atoms with Gasteiger partial charge in [-0.2, -0.15) is 11.8 Å². The predicted octanol–water partition coefficient (Wildman–Crippen LogP) is 2.52.